The van der Waals surface area contributed by atoms with Crippen molar-refractivity contribution in [1.82, 2.24) is 5.32 Å². The lowest BCUT2D eigenvalue weighted by Crippen LogP contribution is -2.31. The zero-order valence-electron chi connectivity index (χ0n) is 12.5. The number of hydrogen-bond acceptors (Lipinski definition) is 3. The van der Waals surface area contributed by atoms with Crippen LogP contribution in [-0.4, -0.2) is 25.0 Å². The molecule has 2 aromatic rings. The molecule has 0 unspecified atom stereocenters. The summed E-state index contributed by atoms with van der Waals surface area (Å²) in [4.78, 5) is 22.9. The topological polar surface area (TPSA) is 55.4 Å². The van der Waals surface area contributed by atoms with Crippen LogP contribution in [0.1, 0.15) is 12.5 Å². The first-order valence-corrected chi connectivity index (χ1v) is 7.25. The van der Waals surface area contributed by atoms with Crippen LogP contribution in [0, 0.1) is 0 Å². The molecule has 22 heavy (non-hydrogen) atoms. The Balaban J connectivity index is 1.89. The summed E-state index contributed by atoms with van der Waals surface area (Å²) in [5.74, 6) is -0.615. The van der Waals surface area contributed by atoms with Gasteiger partial charge in [0.05, 0.1) is 13.0 Å². The highest BCUT2D eigenvalue weighted by Crippen LogP contribution is 2.19. The largest absolute Gasteiger partial charge is 0.465 e. The van der Waals surface area contributed by atoms with Gasteiger partial charge in [-0.2, -0.15) is 0 Å². The van der Waals surface area contributed by atoms with E-state index in [9.17, 15) is 9.59 Å². The van der Waals surface area contributed by atoms with Gasteiger partial charge in [-0.25, -0.2) is 0 Å². The summed E-state index contributed by atoms with van der Waals surface area (Å²) in [7, 11) is 0. The van der Waals surface area contributed by atoms with Crippen LogP contribution in [0.15, 0.2) is 54.6 Å². The van der Waals surface area contributed by atoms with E-state index in [1.165, 1.54) is 0 Å². The van der Waals surface area contributed by atoms with Gasteiger partial charge in [0.25, 0.3) is 0 Å². The van der Waals surface area contributed by atoms with Crippen molar-refractivity contribution < 1.29 is 14.3 Å². The third-order valence-corrected chi connectivity index (χ3v) is 3.16. The van der Waals surface area contributed by atoms with Gasteiger partial charge in [-0.3, -0.25) is 9.59 Å². The molecule has 0 saturated heterocycles. The van der Waals surface area contributed by atoms with E-state index in [-0.39, 0.29) is 18.9 Å². The fourth-order valence-electron chi connectivity index (χ4n) is 2.08. The van der Waals surface area contributed by atoms with Crippen LogP contribution in [0.3, 0.4) is 0 Å². The van der Waals surface area contributed by atoms with Crippen LogP contribution < -0.4 is 5.32 Å². The van der Waals surface area contributed by atoms with Crippen molar-refractivity contribution in [1.29, 1.82) is 0 Å². The second-order valence-corrected chi connectivity index (χ2v) is 4.82. The van der Waals surface area contributed by atoms with E-state index in [4.69, 9.17) is 4.74 Å². The lowest BCUT2D eigenvalue weighted by molar-refractivity contribution is -0.143. The Morgan fingerprint density at radius 1 is 0.955 bits per heavy atom. The van der Waals surface area contributed by atoms with Gasteiger partial charge in [0.15, 0.2) is 0 Å². The van der Waals surface area contributed by atoms with Crippen LogP contribution in [0.2, 0.25) is 0 Å². The molecule has 1 N–H and O–H groups in total. The summed E-state index contributed by atoms with van der Waals surface area (Å²) < 4.78 is 4.75. The zero-order valence-corrected chi connectivity index (χ0v) is 12.5. The van der Waals surface area contributed by atoms with Crippen molar-refractivity contribution >= 4 is 11.9 Å². The fourth-order valence-corrected chi connectivity index (χ4v) is 2.08. The van der Waals surface area contributed by atoms with E-state index < -0.39 is 5.97 Å². The minimum atomic E-state index is -0.421. The van der Waals surface area contributed by atoms with Crippen LogP contribution in [0.4, 0.5) is 0 Å². The molecular weight excluding hydrogens is 278 g/mol. The standard InChI is InChI=1S/C18H19NO3/c1-2-22-18(21)13-19-17(20)12-14-8-10-16(11-9-14)15-6-4-3-5-7-15/h3-11H,2,12-13H2,1H3,(H,19,20). The molecular formula is C18H19NO3. The van der Waals surface area contributed by atoms with Gasteiger partial charge in [0.2, 0.25) is 5.91 Å². The first-order valence-electron chi connectivity index (χ1n) is 7.25. The third-order valence-electron chi connectivity index (χ3n) is 3.16. The van der Waals surface area contributed by atoms with Crippen molar-refractivity contribution in [2.45, 2.75) is 13.3 Å². The number of benzene rings is 2. The van der Waals surface area contributed by atoms with E-state index in [0.717, 1.165) is 16.7 Å². The SMILES string of the molecule is CCOC(=O)CNC(=O)Cc1ccc(-c2ccccc2)cc1. The summed E-state index contributed by atoms with van der Waals surface area (Å²) in [5, 5.41) is 2.55. The maximum atomic E-state index is 11.8. The molecule has 4 heteroatoms. The monoisotopic (exact) mass is 297 g/mol. The number of carbonyl (C=O) groups excluding carboxylic acids is 2. The lowest BCUT2D eigenvalue weighted by atomic mass is 10.0. The maximum Gasteiger partial charge on any atom is 0.325 e. The molecule has 0 radical (unpaired) electrons. The van der Waals surface area contributed by atoms with E-state index in [1.54, 1.807) is 6.92 Å². The minimum Gasteiger partial charge on any atom is -0.465 e. The normalized spacial score (nSPS) is 10.0. The molecule has 0 spiro atoms. The van der Waals surface area contributed by atoms with E-state index in [2.05, 4.69) is 5.32 Å². The molecule has 1 amide bonds. The van der Waals surface area contributed by atoms with Crippen LogP contribution in [0.25, 0.3) is 11.1 Å². The molecule has 0 aromatic heterocycles. The van der Waals surface area contributed by atoms with Gasteiger partial charge in [-0.05, 0) is 23.6 Å². The van der Waals surface area contributed by atoms with Crippen LogP contribution in [-0.2, 0) is 20.7 Å². The molecule has 2 aromatic carbocycles. The van der Waals surface area contributed by atoms with Crippen LogP contribution in [0.5, 0.6) is 0 Å². The second kappa shape index (κ2) is 7.98. The van der Waals surface area contributed by atoms with Gasteiger partial charge >= 0.3 is 5.97 Å². The Labute approximate surface area is 130 Å². The van der Waals surface area contributed by atoms with Gasteiger partial charge < -0.3 is 10.1 Å². The third kappa shape index (κ3) is 4.74. The van der Waals surface area contributed by atoms with E-state index in [1.807, 2.05) is 54.6 Å². The van der Waals surface area contributed by atoms with Crippen LogP contribution >= 0.6 is 0 Å². The molecule has 0 fully saturated rings. The number of amides is 1. The Morgan fingerprint density at radius 3 is 2.23 bits per heavy atom. The molecule has 0 atom stereocenters. The van der Waals surface area contributed by atoms with Gasteiger partial charge in [0, 0.05) is 0 Å². The van der Waals surface area contributed by atoms with Crippen molar-refractivity contribution in [3.63, 3.8) is 0 Å². The fraction of sp³-hybridized carbons (Fsp3) is 0.222. The zero-order chi connectivity index (χ0) is 15.8. The molecule has 4 nitrogen and oxygen atoms in total. The molecule has 114 valence electrons. The van der Waals surface area contributed by atoms with Gasteiger partial charge in [-0.1, -0.05) is 54.6 Å². The average Bonchev–Trinajstić information content (AvgIpc) is 2.55. The Kier molecular flexibility index (Phi) is 5.72. The number of rotatable bonds is 6. The molecule has 2 rings (SSSR count). The van der Waals surface area contributed by atoms with Crippen molar-refractivity contribution in [3.05, 3.63) is 60.2 Å². The summed E-state index contributed by atoms with van der Waals surface area (Å²) >= 11 is 0. The Morgan fingerprint density at radius 2 is 1.59 bits per heavy atom. The summed E-state index contributed by atoms with van der Waals surface area (Å²) in [6.07, 6.45) is 0.245. The quantitative estimate of drug-likeness (QED) is 0.834. The molecule has 0 aliphatic rings. The average molecular weight is 297 g/mol. The molecule has 0 saturated carbocycles. The Hall–Kier alpha value is -2.62. The first-order chi connectivity index (χ1) is 10.7. The predicted octanol–water partition coefficient (Wildman–Crippen LogP) is 2.58. The van der Waals surface area contributed by atoms with E-state index >= 15 is 0 Å². The minimum absolute atomic E-state index is 0.0885. The van der Waals surface area contributed by atoms with Crippen molar-refractivity contribution in [3.8, 4) is 11.1 Å². The highest BCUT2D eigenvalue weighted by molar-refractivity contribution is 5.83. The van der Waals surface area contributed by atoms with Crippen molar-refractivity contribution in [2.24, 2.45) is 0 Å². The van der Waals surface area contributed by atoms with Gasteiger partial charge in [0.1, 0.15) is 6.54 Å². The molecule has 0 heterocycles. The summed E-state index contributed by atoms with van der Waals surface area (Å²) in [5.41, 5.74) is 3.15. The highest BCUT2D eigenvalue weighted by atomic mass is 16.5. The van der Waals surface area contributed by atoms with Gasteiger partial charge in [-0.15, -0.1) is 0 Å². The summed E-state index contributed by atoms with van der Waals surface area (Å²) in [6.45, 7) is 1.96. The number of hydrogen-bond donors (Lipinski definition) is 1. The first kappa shape index (κ1) is 15.8. The molecule has 0 aliphatic heterocycles. The molecule has 0 bridgehead atoms. The smallest absolute Gasteiger partial charge is 0.325 e. The molecule has 0 aliphatic carbocycles. The van der Waals surface area contributed by atoms with E-state index in [0.29, 0.717) is 6.61 Å². The number of nitrogens with one attached hydrogen (secondary N) is 1. The highest BCUT2D eigenvalue weighted by Gasteiger charge is 2.07. The van der Waals surface area contributed by atoms with Crippen molar-refractivity contribution in [2.75, 3.05) is 13.2 Å². The Bertz CT molecular complexity index is 621. The second-order valence-electron chi connectivity index (χ2n) is 4.82. The number of ether oxygens (including phenoxy) is 1. The predicted molar refractivity (Wildman–Crippen MR) is 85.2 cm³/mol. The maximum absolute atomic E-state index is 11.8. The number of esters is 1. The number of carbonyl (C=O) groups is 2. The lowest BCUT2D eigenvalue weighted by Gasteiger charge is -2.06. The summed E-state index contributed by atoms with van der Waals surface area (Å²) in [6, 6.07) is 17.9.